The molecule has 0 unspecified atom stereocenters. The standard InChI is InChI=1S/C27H21OS2/c1-21(28)27(29-23-15-7-3-8-16-23,30-24-17-9-4-10-18-24)26-20-12-11-19-25(26)22-13-5-2-6-14-22/h2-19H,1H3. The third-order valence-electron chi connectivity index (χ3n) is 4.74. The molecule has 1 nitrogen and oxygen atoms in total. The minimum absolute atomic E-state index is 0.0878. The maximum absolute atomic E-state index is 13.4. The highest BCUT2D eigenvalue weighted by atomic mass is 32.2. The highest BCUT2D eigenvalue weighted by molar-refractivity contribution is 8.18. The van der Waals surface area contributed by atoms with Gasteiger partial charge in [-0.2, -0.15) is 0 Å². The van der Waals surface area contributed by atoms with E-state index in [1.165, 1.54) is 0 Å². The zero-order valence-electron chi connectivity index (χ0n) is 16.6. The van der Waals surface area contributed by atoms with Crippen LogP contribution >= 0.6 is 23.5 Å². The molecule has 0 atom stereocenters. The molecule has 147 valence electrons. The van der Waals surface area contributed by atoms with Gasteiger partial charge in [0.1, 0.15) is 0 Å². The molecule has 3 heteroatoms. The summed E-state index contributed by atoms with van der Waals surface area (Å²) in [6.45, 7) is 1.68. The Hall–Kier alpha value is -2.75. The van der Waals surface area contributed by atoms with Crippen LogP contribution in [0.4, 0.5) is 0 Å². The van der Waals surface area contributed by atoms with Gasteiger partial charge in [0.2, 0.25) is 0 Å². The molecule has 0 bridgehead atoms. The van der Waals surface area contributed by atoms with E-state index in [0.29, 0.717) is 0 Å². The van der Waals surface area contributed by atoms with E-state index in [4.69, 9.17) is 0 Å². The van der Waals surface area contributed by atoms with E-state index in [-0.39, 0.29) is 5.78 Å². The number of ketones is 1. The van der Waals surface area contributed by atoms with Gasteiger partial charge in [0.05, 0.1) is 0 Å². The van der Waals surface area contributed by atoms with Gasteiger partial charge in [0, 0.05) is 15.4 Å². The zero-order valence-corrected chi connectivity index (χ0v) is 18.3. The lowest BCUT2D eigenvalue weighted by molar-refractivity contribution is -0.117. The van der Waals surface area contributed by atoms with Crippen LogP contribution in [0.2, 0.25) is 0 Å². The fourth-order valence-corrected chi connectivity index (χ4v) is 6.14. The van der Waals surface area contributed by atoms with Gasteiger partial charge < -0.3 is 0 Å². The zero-order chi connectivity index (χ0) is 20.8. The number of hydrogen-bond acceptors (Lipinski definition) is 3. The van der Waals surface area contributed by atoms with Crippen molar-refractivity contribution in [1.82, 2.24) is 0 Å². The van der Waals surface area contributed by atoms with Crippen LogP contribution in [0.25, 0.3) is 11.1 Å². The molecule has 0 N–H and O–H groups in total. The first-order valence-corrected chi connectivity index (χ1v) is 11.4. The van der Waals surface area contributed by atoms with Gasteiger partial charge in [-0.3, -0.25) is 4.79 Å². The van der Waals surface area contributed by atoms with Crippen LogP contribution in [-0.2, 0) is 8.87 Å². The molecule has 0 aliphatic carbocycles. The second-order valence-corrected chi connectivity index (χ2v) is 9.66. The van der Waals surface area contributed by atoms with Crippen molar-refractivity contribution in [1.29, 1.82) is 0 Å². The summed E-state index contributed by atoms with van der Waals surface area (Å²) in [4.78, 5) is 15.5. The molecule has 0 aliphatic rings. The minimum atomic E-state index is -0.866. The number of rotatable bonds is 7. The quantitative estimate of drug-likeness (QED) is 0.226. The third-order valence-corrected chi connectivity index (χ3v) is 7.82. The van der Waals surface area contributed by atoms with Crippen molar-refractivity contribution >= 4 is 29.3 Å². The van der Waals surface area contributed by atoms with Crippen molar-refractivity contribution in [2.45, 2.75) is 20.8 Å². The Kier molecular flexibility index (Phi) is 6.41. The average Bonchev–Trinajstić information content (AvgIpc) is 2.80. The Morgan fingerprint density at radius 1 is 0.700 bits per heavy atom. The van der Waals surface area contributed by atoms with Crippen molar-refractivity contribution in [3.63, 3.8) is 0 Å². The first kappa shape index (κ1) is 20.5. The first-order valence-electron chi connectivity index (χ1n) is 9.75. The number of benzene rings is 4. The maximum atomic E-state index is 13.4. The molecular weight excluding hydrogens is 404 g/mol. The number of Topliss-reactive ketones (excluding diaryl/α,β-unsaturated/α-hetero) is 1. The molecule has 0 saturated carbocycles. The number of carbonyl (C=O) groups excluding carboxylic acids is 1. The summed E-state index contributed by atoms with van der Waals surface area (Å²) in [5.74, 6) is 0.0878. The van der Waals surface area contributed by atoms with Crippen LogP contribution in [0.5, 0.6) is 0 Å². The van der Waals surface area contributed by atoms with Crippen LogP contribution in [0.15, 0.2) is 119 Å². The van der Waals surface area contributed by atoms with Crippen LogP contribution < -0.4 is 0 Å². The van der Waals surface area contributed by atoms with E-state index in [9.17, 15) is 4.79 Å². The smallest absolute Gasteiger partial charge is 0.161 e. The third kappa shape index (κ3) is 4.38. The monoisotopic (exact) mass is 425 g/mol. The summed E-state index contributed by atoms with van der Waals surface area (Å²) in [7, 11) is 0. The second-order valence-electron chi connectivity index (χ2n) is 6.83. The summed E-state index contributed by atoms with van der Waals surface area (Å²) in [6.07, 6.45) is 0. The molecule has 0 amide bonds. The molecule has 0 saturated heterocycles. The second kappa shape index (κ2) is 9.38. The fraction of sp³-hybridized carbons (Fsp3) is 0.0741. The first-order chi connectivity index (χ1) is 14.7. The highest BCUT2D eigenvalue weighted by Gasteiger charge is 2.42. The molecule has 0 aliphatic heterocycles. The van der Waals surface area contributed by atoms with Crippen LogP contribution in [0.1, 0.15) is 12.5 Å². The molecule has 4 aromatic rings. The molecule has 4 aromatic carbocycles. The van der Waals surface area contributed by atoms with E-state index in [0.717, 1.165) is 26.5 Å². The van der Waals surface area contributed by atoms with E-state index in [1.807, 2.05) is 66.7 Å². The lowest BCUT2D eigenvalue weighted by Gasteiger charge is -2.32. The summed E-state index contributed by atoms with van der Waals surface area (Å²) in [5.41, 5.74) is 3.00. The number of thioether (sulfide) groups is 2. The molecule has 1 radical (unpaired) electrons. The Bertz CT molecular complexity index is 1070. The fourth-order valence-electron chi connectivity index (χ4n) is 3.32. The Labute approximate surface area is 186 Å². The van der Waals surface area contributed by atoms with Gasteiger partial charge in [-0.05, 0) is 48.4 Å². The van der Waals surface area contributed by atoms with Crippen molar-refractivity contribution < 1.29 is 4.79 Å². The van der Waals surface area contributed by atoms with Crippen molar-refractivity contribution in [2.75, 3.05) is 0 Å². The molecule has 0 aromatic heterocycles. The van der Waals surface area contributed by atoms with Gasteiger partial charge in [0.15, 0.2) is 9.86 Å². The van der Waals surface area contributed by atoms with Crippen molar-refractivity contribution in [3.8, 4) is 11.1 Å². The van der Waals surface area contributed by atoms with E-state index >= 15 is 0 Å². The average molecular weight is 426 g/mol. The van der Waals surface area contributed by atoms with Crippen molar-refractivity contribution in [3.05, 3.63) is 121 Å². The largest absolute Gasteiger partial charge is 0.297 e. The predicted octanol–water partition coefficient (Wildman–Crippen LogP) is 7.48. The van der Waals surface area contributed by atoms with Crippen molar-refractivity contribution in [2.24, 2.45) is 0 Å². The maximum Gasteiger partial charge on any atom is 0.161 e. The Morgan fingerprint density at radius 2 is 1.20 bits per heavy atom. The molecule has 0 spiro atoms. The summed E-state index contributed by atoms with van der Waals surface area (Å²) < 4.78 is -0.866. The summed E-state index contributed by atoms with van der Waals surface area (Å²) >= 11 is 3.17. The SMILES string of the molecule is CC(=O)C(Sc1ccccc1)(Sc1ccccc1)c1[c]cccc1-c1ccccc1. The number of hydrogen-bond donors (Lipinski definition) is 0. The van der Waals surface area contributed by atoms with Gasteiger partial charge >= 0.3 is 0 Å². The molecule has 0 fully saturated rings. The van der Waals surface area contributed by atoms with Gasteiger partial charge in [0.25, 0.3) is 0 Å². The molecular formula is C27H21OS2. The number of carbonyl (C=O) groups is 1. The van der Waals surface area contributed by atoms with Crippen LogP contribution in [0.3, 0.4) is 0 Å². The van der Waals surface area contributed by atoms with Gasteiger partial charge in [-0.1, -0.05) is 108 Å². The summed E-state index contributed by atoms with van der Waals surface area (Å²) in [5, 5.41) is 0. The van der Waals surface area contributed by atoms with Gasteiger partial charge in [-0.25, -0.2) is 0 Å². The lowest BCUT2D eigenvalue weighted by Crippen LogP contribution is -2.27. The topological polar surface area (TPSA) is 17.1 Å². The normalized spacial score (nSPS) is 11.2. The minimum Gasteiger partial charge on any atom is -0.297 e. The molecule has 4 rings (SSSR count). The Balaban J connectivity index is 1.92. The highest BCUT2D eigenvalue weighted by Crippen LogP contribution is 2.55. The van der Waals surface area contributed by atoms with E-state index in [2.05, 4.69) is 48.5 Å². The molecule has 0 heterocycles. The summed E-state index contributed by atoms with van der Waals surface area (Å²) in [6, 6.07) is 39.8. The van der Waals surface area contributed by atoms with Crippen LogP contribution in [0, 0.1) is 6.07 Å². The van der Waals surface area contributed by atoms with Gasteiger partial charge in [-0.15, -0.1) is 0 Å². The van der Waals surface area contributed by atoms with Crippen LogP contribution in [-0.4, -0.2) is 5.78 Å². The van der Waals surface area contributed by atoms with E-state index in [1.54, 1.807) is 30.4 Å². The Morgan fingerprint density at radius 3 is 1.70 bits per heavy atom. The lowest BCUT2D eigenvalue weighted by atomic mass is 9.96. The predicted molar refractivity (Wildman–Crippen MR) is 128 cm³/mol. The van der Waals surface area contributed by atoms with E-state index < -0.39 is 4.08 Å². The molecule has 30 heavy (non-hydrogen) atoms.